The van der Waals surface area contributed by atoms with Crippen LogP contribution in [0.15, 0.2) is 0 Å². The van der Waals surface area contributed by atoms with E-state index in [-0.39, 0.29) is 64.9 Å². The zero-order valence-corrected chi connectivity index (χ0v) is 7.19. The van der Waals surface area contributed by atoms with E-state index >= 15 is 0 Å². The van der Waals surface area contributed by atoms with E-state index in [2.05, 4.69) is 5.14 Å². The number of nitrogens with two attached hydrogens (primary N) is 1. The maximum absolute atomic E-state index is 9.01. The molecule has 0 aliphatic rings. The number of hydrogen-bond acceptors (Lipinski definition) is 4. The molecule has 2 N–H and O–H groups in total. The molecule has 0 saturated heterocycles. The first-order valence-corrected chi connectivity index (χ1v) is 1.62. The zero-order chi connectivity index (χ0) is 4.28. The second-order valence-corrected chi connectivity index (χ2v) is 0.838. The van der Waals surface area contributed by atoms with E-state index in [4.69, 9.17) is 10.1 Å². The van der Waals surface area contributed by atoms with Crippen molar-refractivity contribution in [2.45, 2.75) is 0 Å². The third-order valence-corrected chi connectivity index (χ3v) is 0.258. The van der Waals surface area contributed by atoms with Gasteiger partial charge in [0.05, 0.1) is 0 Å². The molecule has 32 valence electrons. The van der Waals surface area contributed by atoms with Crippen molar-refractivity contribution in [2.24, 2.45) is 5.14 Å². The zero-order valence-electron chi connectivity index (χ0n) is 4.25. The first kappa shape index (κ1) is 10.4. The maximum atomic E-state index is 9.01. The molecule has 0 aromatic rings. The van der Waals surface area contributed by atoms with Crippen LogP contribution in [0.5, 0.6) is 0 Å². The monoisotopic (exact) mass is 134 g/mol. The van der Waals surface area contributed by atoms with Gasteiger partial charge in [0, 0.05) is 0 Å². The van der Waals surface area contributed by atoms with Crippen LogP contribution in [0.3, 0.4) is 0 Å². The van der Waals surface area contributed by atoms with Crippen molar-refractivity contribution in [1.29, 1.82) is 0 Å². The summed E-state index contributed by atoms with van der Waals surface area (Å²) in [6.45, 7) is 0. The Hall–Kier alpha value is 1.35. The fourth-order valence-electron chi connectivity index (χ4n) is 0. The third-order valence-electron chi connectivity index (χ3n) is 0.0861. The van der Waals surface area contributed by atoms with Crippen LogP contribution in [0.1, 0.15) is 1.43 Å². The van der Waals surface area contributed by atoms with Crippen molar-refractivity contribution in [3.63, 3.8) is 0 Å². The predicted molar refractivity (Wildman–Crippen MR) is 19.9 cm³/mol. The molecule has 0 spiro atoms. The molecule has 0 rings (SSSR count). The van der Waals surface area contributed by atoms with E-state index in [9.17, 15) is 0 Å². The summed E-state index contributed by atoms with van der Waals surface area (Å²) in [4.78, 5) is 9.01. The van der Waals surface area contributed by atoms with Crippen LogP contribution in [-0.2, 0) is 0 Å². The Bertz CT molecular complexity index is 51.0. The van der Waals surface area contributed by atoms with Gasteiger partial charge in [-0.3, -0.25) is 0 Å². The molecular formula is H3KN2O2S. The van der Waals surface area contributed by atoms with Crippen LogP contribution >= 0.6 is 12.1 Å². The second kappa shape index (κ2) is 6.35. The summed E-state index contributed by atoms with van der Waals surface area (Å²) < 4.78 is -0.681. The van der Waals surface area contributed by atoms with Crippen LogP contribution in [0.4, 0.5) is 0 Å². The van der Waals surface area contributed by atoms with Gasteiger partial charge >= 0.3 is 63.5 Å². The topological polar surface area (TPSA) is 69.2 Å². The minimum Gasteiger partial charge on any atom is -1.00 e. The van der Waals surface area contributed by atoms with Crippen LogP contribution in [-0.4, -0.2) is 4.33 Å². The molecule has 0 radical (unpaired) electrons. The third kappa shape index (κ3) is 9.02. The molecule has 0 amide bonds. The molecule has 6 heteroatoms. The minimum atomic E-state index is -0.681. The second-order valence-electron chi connectivity index (χ2n) is 0.329. The van der Waals surface area contributed by atoms with Crippen molar-refractivity contribution >= 4 is 12.1 Å². The van der Waals surface area contributed by atoms with Gasteiger partial charge in [0.25, 0.3) is 0 Å². The fourth-order valence-corrected chi connectivity index (χ4v) is 0. The molecule has 0 atom stereocenters. The average molecular weight is 134 g/mol. The SMILES string of the molecule is NS[N+](=O)[O-].[H-].[K+]. The molecule has 0 aromatic carbocycles. The van der Waals surface area contributed by atoms with E-state index < -0.39 is 4.33 Å². The van der Waals surface area contributed by atoms with E-state index in [0.717, 1.165) is 0 Å². The van der Waals surface area contributed by atoms with Crippen LogP contribution < -0.4 is 56.5 Å². The molecule has 0 unspecified atom stereocenters. The summed E-state index contributed by atoms with van der Waals surface area (Å²) in [5.41, 5.74) is 0. The number of nitrogens with zero attached hydrogens (tertiary/aromatic N) is 1. The largest absolute Gasteiger partial charge is 1.00 e. The van der Waals surface area contributed by atoms with Crippen molar-refractivity contribution in [1.82, 2.24) is 0 Å². The van der Waals surface area contributed by atoms with Gasteiger partial charge in [0.1, 0.15) is 4.33 Å². The van der Waals surface area contributed by atoms with E-state index in [1.807, 2.05) is 0 Å². The molecule has 0 heterocycles. The predicted octanol–water partition coefficient (Wildman–Crippen LogP) is -3.10. The molecule has 4 nitrogen and oxygen atoms in total. The summed E-state index contributed by atoms with van der Waals surface area (Å²) in [6, 6.07) is 0. The van der Waals surface area contributed by atoms with Crippen LogP contribution in [0, 0.1) is 10.1 Å². The Balaban J connectivity index is -0.0000000800. The Kier molecular flexibility index (Phi) is 10.9. The van der Waals surface area contributed by atoms with Gasteiger partial charge in [-0.05, 0) is 0 Å². The van der Waals surface area contributed by atoms with Crippen molar-refractivity contribution in [2.75, 3.05) is 0 Å². The fraction of sp³-hybridized carbons (Fsp3) is 0. The van der Waals surface area contributed by atoms with Gasteiger partial charge in [-0.2, -0.15) is 0 Å². The smallest absolute Gasteiger partial charge is 1.00 e. The summed E-state index contributed by atoms with van der Waals surface area (Å²) in [5, 5.41) is 13.4. The first-order chi connectivity index (χ1) is 2.27. The summed E-state index contributed by atoms with van der Waals surface area (Å²) in [5.74, 6) is 0. The van der Waals surface area contributed by atoms with E-state index in [1.165, 1.54) is 0 Å². The Morgan fingerprint density at radius 3 is 2.17 bits per heavy atom. The number of hydrogen-bond donors (Lipinski definition) is 1. The van der Waals surface area contributed by atoms with Gasteiger partial charge in [0.15, 0.2) is 0 Å². The summed E-state index contributed by atoms with van der Waals surface area (Å²) >= 11 is 0.102. The van der Waals surface area contributed by atoms with Crippen molar-refractivity contribution < 1.29 is 57.1 Å². The minimum absolute atomic E-state index is 0. The van der Waals surface area contributed by atoms with Crippen molar-refractivity contribution in [3.05, 3.63) is 10.1 Å². The average Bonchev–Trinajstić information content (AvgIpc) is 1.38. The molecule has 0 saturated carbocycles. The molecule has 0 aromatic heterocycles. The molecule has 0 fully saturated rings. The van der Waals surface area contributed by atoms with Gasteiger partial charge in [-0.15, -0.1) is 0 Å². The molecule has 0 aliphatic heterocycles. The molecular weight excluding hydrogens is 131 g/mol. The van der Waals surface area contributed by atoms with Gasteiger partial charge in [0.2, 0.25) is 0 Å². The molecule has 0 bridgehead atoms. The molecule has 6 heavy (non-hydrogen) atoms. The standard InChI is InChI=1S/K.H2N2O2S.H/c;1-5-2(3)4;/h;1H2;/q+1;;-1. The Morgan fingerprint density at radius 1 is 2.00 bits per heavy atom. The van der Waals surface area contributed by atoms with Crippen molar-refractivity contribution in [3.8, 4) is 0 Å². The quantitative estimate of drug-likeness (QED) is 0.178. The van der Waals surface area contributed by atoms with E-state index in [1.54, 1.807) is 0 Å². The summed E-state index contributed by atoms with van der Waals surface area (Å²) in [6.07, 6.45) is 0. The number of rotatable bonds is 1. The van der Waals surface area contributed by atoms with Gasteiger partial charge in [-0.1, -0.05) is 0 Å². The van der Waals surface area contributed by atoms with Crippen LogP contribution in [0.2, 0.25) is 0 Å². The number of nitro groups is 1. The van der Waals surface area contributed by atoms with Crippen LogP contribution in [0.25, 0.3) is 0 Å². The Morgan fingerprint density at radius 2 is 2.17 bits per heavy atom. The van der Waals surface area contributed by atoms with E-state index in [0.29, 0.717) is 0 Å². The Labute approximate surface area is 83.2 Å². The summed E-state index contributed by atoms with van der Waals surface area (Å²) in [7, 11) is 0. The maximum Gasteiger partial charge on any atom is 1.00 e. The van der Waals surface area contributed by atoms with Gasteiger partial charge < -0.3 is 1.43 Å². The molecule has 0 aliphatic carbocycles. The first-order valence-electron chi connectivity index (χ1n) is 0.783. The normalized spacial score (nSPS) is 6.17. The van der Waals surface area contributed by atoms with Gasteiger partial charge in [-0.25, -0.2) is 15.3 Å².